The number of rotatable bonds is 5. The summed E-state index contributed by atoms with van der Waals surface area (Å²) in [5, 5.41) is 0. The molecule has 1 aliphatic carbocycles. The van der Waals surface area contributed by atoms with Gasteiger partial charge in [-0.3, -0.25) is 0 Å². The minimum atomic E-state index is -0.603. The van der Waals surface area contributed by atoms with Gasteiger partial charge in [0.15, 0.2) is 0 Å². The number of benzene rings is 1. The first-order valence-corrected chi connectivity index (χ1v) is 7.39. The average Bonchev–Trinajstić information content (AvgIpc) is 2.41. The van der Waals surface area contributed by atoms with E-state index < -0.39 is 11.8 Å². The maximum Gasteiger partial charge on any atom is 0.341 e. The monoisotopic (exact) mass is 294 g/mol. The normalized spacial score (nSPS) is 23.7. The van der Waals surface area contributed by atoms with Crippen LogP contribution in [0.4, 0.5) is 4.39 Å². The molecule has 0 aromatic heterocycles. The lowest BCUT2D eigenvalue weighted by atomic mass is 9.66. The number of carbonyl (C=O) groups excluding carboxylic acids is 1. The van der Waals surface area contributed by atoms with Gasteiger partial charge in [-0.2, -0.15) is 0 Å². The Kier molecular flexibility index (Phi) is 4.67. The van der Waals surface area contributed by atoms with Gasteiger partial charge in [0.1, 0.15) is 11.9 Å². The van der Waals surface area contributed by atoms with Crippen molar-refractivity contribution in [1.82, 2.24) is 0 Å². The maximum absolute atomic E-state index is 13.6. The fourth-order valence-electron chi connectivity index (χ4n) is 2.46. The van der Waals surface area contributed by atoms with Crippen LogP contribution in [0, 0.1) is 17.2 Å². The van der Waals surface area contributed by atoms with Gasteiger partial charge < -0.3 is 9.47 Å². The Morgan fingerprint density at radius 3 is 2.57 bits per heavy atom. The molecule has 0 radical (unpaired) electrons. The number of esters is 1. The highest BCUT2D eigenvalue weighted by molar-refractivity contribution is 5.89. The van der Waals surface area contributed by atoms with Crippen LogP contribution in [-0.2, 0) is 9.47 Å². The minimum absolute atomic E-state index is 0.0140. The highest BCUT2D eigenvalue weighted by atomic mass is 19.1. The molecule has 0 unspecified atom stereocenters. The smallest absolute Gasteiger partial charge is 0.341 e. The molecule has 0 bridgehead atoms. The van der Waals surface area contributed by atoms with E-state index in [2.05, 4.69) is 13.8 Å². The van der Waals surface area contributed by atoms with Gasteiger partial charge in [-0.25, -0.2) is 9.18 Å². The number of hydrogen-bond donors (Lipinski definition) is 0. The molecule has 116 valence electrons. The zero-order chi connectivity index (χ0) is 15.6. The van der Waals surface area contributed by atoms with E-state index in [0.717, 1.165) is 0 Å². The molecular weight excluding hydrogens is 271 g/mol. The third-order valence-electron chi connectivity index (χ3n) is 4.06. The van der Waals surface area contributed by atoms with E-state index in [4.69, 9.17) is 9.47 Å². The number of carbonyl (C=O) groups is 1. The van der Waals surface area contributed by atoms with Crippen LogP contribution in [0.1, 0.15) is 44.5 Å². The van der Waals surface area contributed by atoms with Gasteiger partial charge in [-0.1, -0.05) is 39.8 Å². The molecule has 0 aliphatic heterocycles. The highest BCUT2D eigenvalue weighted by Crippen LogP contribution is 2.45. The Morgan fingerprint density at radius 2 is 2.00 bits per heavy atom. The van der Waals surface area contributed by atoms with E-state index in [1.807, 2.05) is 13.8 Å². The van der Waals surface area contributed by atoms with Gasteiger partial charge in [0, 0.05) is 18.4 Å². The maximum atomic E-state index is 13.6. The second-order valence-corrected chi connectivity index (χ2v) is 6.65. The molecule has 2 atom stereocenters. The first kappa shape index (κ1) is 16.0. The van der Waals surface area contributed by atoms with Gasteiger partial charge in [0.05, 0.1) is 11.7 Å². The standard InChI is InChI=1S/C17H23FO3/c1-11(2)10-20-14-9-15(17(14,3)4)21-16(19)12-7-5-6-8-13(12)18/h5-8,11,14-15H,9-10H2,1-4H3/t14-,15-/m1/s1. The van der Waals surface area contributed by atoms with E-state index in [0.29, 0.717) is 18.9 Å². The van der Waals surface area contributed by atoms with Crippen molar-refractivity contribution in [2.75, 3.05) is 6.61 Å². The van der Waals surface area contributed by atoms with E-state index in [9.17, 15) is 9.18 Å². The molecule has 0 spiro atoms. The summed E-state index contributed by atoms with van der Waals surface area (Å²) in [7, 11) is 0. The van der Waals surface area contributed by atoms with Crippen LogP contribution < -0.4 is 0 Å². The average molecular weight is 294 g/mol. The van der Waals surface area contributed by atoms with E-state index >= 15 is 0 Å². The topological polar surface area (TPSA) is 35.5 Å². The van der Waals surface area contributed by atoms with Crippen molar-refractivity contribution in [3.05, 3.63) is 35.6 Å². The fourth-order valence-corrected chi connectivity index (χ4v) is 2.46. The first-order chi connectivity index (χ1) is 9.82. The second-order valence-electron chi connectivity index (χ2n) is 6.65. The third-order valence-corrected chi connectivity index (χ3v) is 4.06. The zero-order valence-electron chi connectivity index (χ0n) is 13.1. The van der Waals surface area contributed by atoms with Crippen molar-refractivity contribution in [3.63, 3.8) is 0 Å². The predicted octanol–water partition coefficient (Wildman–Crippen LogP) is 3.82. The van der Waals surface area contributed by atoms with Crippen molar-refractivity contribution in [2.24, 2.45) is 11.3 Å². The summed E-state index contributed by atoms with van der Waals surface area (Å²) in [5.74, 6) is -0.679. The summed E-state index contributed by atoms with van der Waals surface area (Å²) in [4.78, 5) is 12.0. The van der Waals surface area contributed by atoms with Crippen molar-refractivity contribution in [3.8, 4) is 0 Å². The van der Waals surface area contributed by atoms with Gasteiger partial charge in [0.25, 0.3) is 0 Å². The highest BCUT2D eigenvalue weighted by Gasteiger charge is 2.51. The number of halogens is 1. The van der Waals surface area contributed by atoms with Crippen LogP contribution in [0.5, 0.6) is 0 Å². The number of hydrogen-bond acceptors (Lipinski definition) is 3. The lowest BCUT2D eigenvalue weighted by Crippen LogP contribution is -2.56. The number of ether oxygens (including phenoxy) is 2. The van der Waals surface area contributed by atoms with E-state index in [1.165, 1.54) is 12.1 Å². The Balaban J connectivity index is 1.93. The lowest BCUT2D eigenvalue weighted by molar-refractivity contribution is -0.180. The Bertz CT molecular complexity index is 511. The molecule has 1 saturated carbocycles. The molecule has 4 heteroatoms. The second kappa shape index (κ2) is 6.14. The molecule has 0 N–H and O–H groups in total. The van der Waals surface area contributed by atoms with Crippen LogP contribution in [0.2, 0.25) is 0 Å². The fraction of sp³-hybridized carbons (Fsp3) is 0.588. The van der Waals surface area contributed by atoms with Gasteiger partial charge in [-0.15, -0.1) is 0 Å². The molecule has 2 rings (SSSR count). The molecule has 1 fully saturated rings. The van der Waals surface area contributed by atoms with Gasteiger partial charge in [0.2, 0.25) is 0 Å². The quantitative estimate of drug-likeness (QED) is 0.774. The Morgan fingerprint density at radius 1 is 1.33 bits per heavy atom. The molecule has 0 amide bonds. The SMILES string of the molecule is CC(C)CO[C@@H]1C[C@@H](OC(=O)c2ccccc2F)C1(C)C. The molecule has 1 aromatic rings. The van der Waals surface area contributed by atoms with Crippen molar-refractivity contribution in [2.45, 2.75) is 46.3 Å². The third kappa shape index (κ3) is 3.43. The van der Waals surface area contributed by atoms with Crippen LogP contribution in [0.25, 0.3) is 0 Å². The largest absolute Gasteiger partial charge is 0.458 e. The van der Waals surface area contributed by atoms with E-state index in [-0.39, 0.29) is 23.2 Å². The summed E-state index contributed by atoms with van der Waals surface area (Å²) in [6.07, 6.45) is 0.514. The van der Waals surface area contributed by atoms with Crippen LogP contribution in [0.15, 0.2) is 24.3 Å². The Hall–Kier alpha value is -1.42. The van der Waals surface area contributed by atoms with Crippen LogP contribution >= 0.6 is 0 Å². The summed E-state index contributed by atoms with van der Waals surface area (Å²) < 4.78 is 24.8. The lowest BCUT2D eigenvalue weighted by Gasteiger charge is -2.50. The molecular formula is C17H23FO3. The van der Waals surface area contributed by atoms with Gasteiger partial charge >= 0.3 is 5.97 Å². The summed E-state index contributed by atoms with van der Waals surface area (Å²) in [6, 6.07) is 5.88. The Labute approximate surface area is 125 Å². The van der Waals surface area contributed by atoms with Crippen molar-refractivity contribution < 1.29 is 18.7 Å². The molecule has 21 heavy (non-hydrogen) atoms. The summed E-state index contributed by atoms with van der Waals surface area (Å²) in [5.41, 5.74) is -0.254. The molecule has 0 heterocycles. The first-order valence-electron chi connectivity index (χ1n) is 7.39. The van der Waals surface area contributed by atoms with Crippen LogP contribution in [-0.4, -0.2) is 24.8 Å². The molecule has 3 nitrogen and oxygen atoms in total. The minimum Gasteiger partial charge on any atom is -0.458 e. The zero-order valence-corrected chi connectivity index (χ0v) is 13.1. The summed E-state index contributed by atoms with van der Waals surface area (Å²) in [6.45, 7) is 8.92. The van der Waals surface area contributed by atoms with Crippen molar-refractivity contribution >= 4 is 5.97 Å². The summed E-state index contributed by atoms with van der Waals surface area (Å²) >= 11 is 0. The molecule has 1 aromatic carbocycles. The van der Waals surface area contributed by atoms with E-state index in [1.54, 1.807) is 12.1 Å². The van der Waals surface area contributed by atoms with Gasteiger partial charge in [-0.05, 0) is 18.1 Å². The molecule has 0 saturated heterocycles. The predicted molar refractivity (Wildman–Crippen MR) is 78.6 cm³/mol. The van der Waals surface area contributed by atoms with Crippen LogP contribution in [0.3, 0.4) is 0 Å². The van der Waals surface area contributed by atoms with Crippen molar-refractivity contribution in [1.29, 1.82) is 0 Å². The molecule has 1 aliphatic rings.